The van der Waals surface area contributed by atoms with E-state index in [4.69, 9.17) is 4.74 Å². The van der Waals surface area contributed by atoms with Crippen LogP contribution < -0.4 is 0 Å². The fraction of sp³-hybridized carbons (Fsp3) is 0.462. The molecule has 3 atom stereocenters. The molecule has 84 valence electrons. The van der Waals surface area contributed by atoms with Gasteiger partial charge in [0.2, 0.25) is 0 Å². The molecule has 1 saturated carbocycles. The lowest BCUT2D eigenvalue weighted by Gasteiger charge is -2.20. The largest absolute Gasteiger partial charge is 0.465 e. The Balaban J connectivity index is 2.04. The molecule has 0 unspecified atom stereocenters. The van der Waals surface area contributed by atoms with Crippen molar-refractivity contribution < 1.29 is 14.6 Å². The van der Waals surface area contributed by atoms with Gasteiger partial charge < -0.3 is 9.84 Å². The first kappa shape index (κ1) is 9.85. The monoisotopic (exact) mass is 218 g/mol. The molecule has 0 spiro atoms. The lowest BCUT2D eigenvalue weighted by molar-refractivity contribution is 0.0600. The van der Waals surface area contributed by atoms with Gasteiger partial charge in [0.15, 0.2) is 0 Å². The number of methoxy groups -OCH3 is 1. The highest BCUT2D eigenvalue weighted by Crippen LogP contribution is 2.53. The van der Waals surface area contributed by atoms with Crippen molar-refractivity contribution in [1.82, 2.24) is 0 Å². The summed E-state index contributed by atoms with van der Waals surface area (Å²) in [5.41, 5.74) is 3.04. The zero-order chi connectivity index (χ0) is 11.3. The second-order valence-corrected chi connectivity index (χ2v) is 4.68. The van der Waals surface area contributed by atoms with Gasteiger partial charge in [0.1, 0.15) is 0 Å². The molecule has 3 rings (SSSR count). The fourth-order valence-corrected chi connectivity index (χ4v) is 3.12. The maximum absolute atomic E-state index is 11.4. The molecule has 0 aromatic heterocycles. The van der Waals surface area contributed by atoms with E-state index < -0.39 is 0 Å². The third kappa shape index (κ3) is 1.21. The van der Waals surface area contributed by atoms with Gasteiger partial charge in [-0.1, -0.05) is 6.07 Å². The van der Waals surface area contributed by atoms with Crippen LogP contribution in [0.4, 0.5) is 0 Å². The topological polar surface area (TPSA) is 46.5 Å². The molecule has 0 saturated heterocycles. The lowest BCUT2D eigenvalue weighted by atomic mass is 9.88. The van der Waals surface area contributed by atoms with Gasteiger partial charge in [-0.25, -0.2) is 4.79 Å². The summed E-state index contributed by atoms with van der Waals surface area (Å²) in [6, 6.07) is 5.71. The summed E-state index contributed by atoms with van der Waals surface area (Å²) in [6.45, 7) is 0. The zero-order valence-corrected chi connectivity index (χ0v) is 9.14. The van der Waals surface area contributed by atoms with Gasteiger partial charge in [-0.05, 0) is 42.0 Å². The summed E-state index contributed by atoms with van der Waals surface area (Å²) >= 11 is 0. The summed E-state index contributed by atoms with van der Waals surface area (Å²) in [4.78, 5) is 11.4. The summed E-state index contributed by atoms with van der Waals surface area (Å²) in [5, 5.41) is 9.84. The predicted molar refractivity (Wildman–Crippen MR) is 58.5 cm³/mol. The van der Waals surface area contributed by atoms with Crippen molar-refractivity contribution in [3.8, 4) is 0 Å². The molecule has 0 aliphatic heterocycles. The van der Waals surface area contributed by atoms with Crippen LogP contribution in [0, 0.1) is 0 Å². The van der Waals surface area contributed by atoms with Crippen LogP contribution in [0.15, 0.2) is 18.2 Å². The Kier molecular flexibility index (Phi) is 2.04. The number of carbonyl (C=O) groups excluding carboxylic acids is 1. The molecule has 3 nitrogen and oxygen atoms in total. The number of ether oxygens (including phenoxy) is 1. The van der Waals surface area contributed by atoms with Crippen LogP contribution in [0.5, 0.6) is 0 Å². The Hall–Kier alpha value is -1.35. The van der Waals surface area contributed by atoms with Crippen LogP contribution in [0.1, 0.15) is 46.2 Å². The first-order valence-electron chi connectivity index (χ1n) is 5.61. The van der Waals surface area contributed by atoms with E-state index >= 15 is 0 Å². The highest BCUT2D eigenvalue weighted by atomic mass is 16.5. The van der Waals surface area contributed by atoms with Crippen molar-refractivity contribution >= 4 is 5.97 Å². The number of benzene rings is 1. The van der Waals surface area contributed by atoms with Gasteiger partial charge in [0.25, 0.3) is 0 Å². The number of rotatable bonds is 1. The van der Waals surface area contributed by atoms with E-state index in [1.165, 1.54) is 12.7 Å². The van der Waals surface area contributed by atoms with Crippen molar-refractivity contribution in [2.24, 2.45) is 0 Å². The van der Waals surface area contributed by atoms with E-state index in [-0.39, 0.29) is 18.0 Å². The number of fused-ring (bicyclic) bond motifs is 5. The minimum absolute atomic E-state index is 0.226. The minimum Gasteiger partial charge on any atom is -0.465 e. The molecular formula is C13H14O3. The van der Waals surface area contributed by atoms with E-state index in [0.717, 1.165) is 18.4 Å². The van der Waals surface area contributed by atoms with Crippen molar-refractivity contribution in [2.45, 2.75) is 30.8 Å². The number of esters is 1. The zero-order valence-electron chi connectivity index (χ0n) is 9.14. The molecule has 16 heavy (non-hydrogen) atoms. The van der Waals surface area contributed by atoms with Gasteiger partial charge in [-0.3, -0.25) is 0 Å². The van der Waals surface area contributed by atoms with E-state index in [1.54, 1.807) is 0 Å². The third-order valence-electron chi connectivity index (χ3n) is 3.88. The Morgan fingerprint density at radius 2 is 2.19 bits per heavy atom. The standard InChI is InChI=1S/C13H14O3/c1-16-13(15)7-2-3-9-8-5-11(10(9)4-7)12(14)6-8/h2-4,8,11-12,14H,5-6H2,1H3/t8-,11-,12-/m0/s1. The van der Waals surface area contributed by atoms with Crippen molar-refractivity contribution in [3.05, 3.63) is 34.9 Å². The van der Waals surface area contributed by atoms with E-state index in [2.05, 4.69) is 0 Å². The lowest BCUT2D eigenvalue weighted by Crippen LogP contribution is -2.16. The SMILES string of the molecule is COC(=O)c1ccc2c(c1)[C@@H]1C[C@H]2C[C@@H]1O. The molecule has 2 aliphatic rings. The Morgan fingerprint density at radius 1 is 1.38 bits per heavy atom. The van der Waals surface area contributed by atoms with Crippen molar-refractivity contribution in [1.29, 1.82) is 0 Å². The summed E-state index contributed by atoms with van der Waals surface area (Å²) in [5.74, 6) is 0.409. The Labute approximate surface area is 94.0 Å². The quantitative estimate of drug-likeness (QED) is 0.731. The van der Waals surface area contributed by atoms with Crippen LogP contribution in [0.2, 0.25) is 0 Å². The summed E-state index contributed by atoms with van der Waals surface area (Å²) < 4.78 is 4.70. The second-order valence-electron chi connectivity index (χ2n) is 4.68. The molecule has 2 aliphatic carbocycles. The van der Waals surface area contributed by atoms with Crippen LogP contribution in [0.3, 0.4) is 0 Å². The summed E-state index contributed by atoms with van der Waals surface area (Å²) in [6.07, 6.45) is 1.67. The average Bonchev–Trinajstić information content (AvgIpc) is 2.84. The van der Waals surface area contributed by atoms with Crippen molar-refractivity contribution in [3.63, 3.8) is 0 Å². The second kappa shape index (κ2) is 3.32. The van der Waals surface area contributed by atoms with Crippen LogP contribution in [0.25, 0.3) is 0 Å². The maximum Gasteiger partial charge on any atom is 0.337 e. The van der Waals surface area contributed by atoms with Crippen LogP contribution in [-0.4, -0.2) is 24.3 Å². The van der Waals surface area contributed by atoms with E-state index in [0.29, 0.717) is 11.5 Å². The molecule has 0 heterocycles. The highest BCUT2D eigenvalue weighted by molar-refractivity contribution is 5.89. The first-order chi connectivity index (χ1) is 7.70. The third-order valence-corrected chi connectivity index (χ3v) is 3.88. The molecule has 1 aromatic rings. The Morgan fingerprint density at radius 3 is 2.94 bits per heavy atom. The molecular weight excluding hydrogens is 204 g/mol. The fourth-order valence-electron chi connectivity index (χ4n) is 3.12. The molecule has 0 radical (unpaired) electrons. The van der Waals surface area contributed by atoms with Gasteiger partial charge >= 0.3 is 5.97 Å². The number of carbonyl (C=O) groups is 1. The highest BCUT2D eigenvalue weighted by Gasteiger charge is 2.43. The van der Waals surface area contributed by atoms with E-state index in [1.807, 2.05) is 18.2 Å². The summed E-state index contributed by atoms with van der Waals surface area (Å²) in [7, 11) is 1.39. The minimum atomic E-state index is -0.305. The normalized spacial score (nSPS) is 30.2. The maximum atomic E-state index is 11.4. The molecule has 1 aromatic carbocycles. The molecule has 2 bridgehead atoms. The van der Waals surface area contributed by atoms with Crippen molar-refractivity contribution in [2.75, 3.05) is 7.11 Å². The smallest absolute Gasteiger partial charge is 0.337 e. The number of hydrogen-bond acceptors (Lipinski definition) is 3. The van der Waals surface area contributed by atoms with Gasteiger partial charge in [-0.15, -0.1) is 0 Å². The average molecular weight is 218 g/mol. The molecule has 3 heteroatoms. The number of aliphatic hydroxyl groups is 1. The number of aliphatic hydroxyl groups excluding tert-OH is 1. The van der Waals surface area contributed by atoms with Crippen LogP contribution in [-0.2, 0) is 4.74 Å². The molecule has 0 amide bonds. The Bertz CT molecular complexity index is 452. The van der Waals surface area contributed by atoms with Gasteiger partial charge in [0.05, 0.1) is 18.8 Å². The predicted octanol–water partition coefficient (Wildman–Crippen LogP) is 1.81. The first-order valence-corrected chi connectivity index (χ1v) is 5.61. The molecule has 1 fully saturated rings. The van der Waals surface area contributed by atoms with Crippen LogP contribution >= 0.6 is 0 Å². The van der Waals surface area contributed by atoms with Gasteiger partial charge in [0, 0.05) is 5.92 Å². The van der Waals surface area contributed by atoms with E-state index in [9.17, 15) is 9.90 Å². The number of hydrogen-bond donors (Lipinski definition) is 1. The molecule has 1 N–H and O–H groups in total. The van der Waals surface area contributed by atoms with Gasteiger partial charge in [-0.2, -0.15) is 0 Å².